The van der Waals surface area contributed by atoms with Gasteiger partial charge in [0.05, 0.1) is 0 Å². The molecule has 0 aromatic carbocycles. The Morgan fingerprint density at radius 3 is 2.11 bits per heavy atom. The molecular weight excluding hydrogens is 119 g/mol. The Morgan fingerprint density at radius 1 is 1.33 bits per heavy atom. The molecule has 0 amide bonds. The molecule has 9 heavy (non-hydrogen) atoms. The monoisotopic (exact) mass is 130 g/mol. The predicted octanol–water partition coefficient (Wildman–Crippen LogP) is 0.177. The molecule has 0 bridgehead atoms. The van der Waals surface area contributed by atoms with Crippen molar-refractivity contribution in [1.82, 2.24) is 0 Å². The first-order valence-electron chi connectivity index (χ1n) is 3.17. The smallest absolute Gasteiger partial charge is 0.402 e. The van der Waals surface area contributed by atoms with Crippen LogP contribution in [-0.4, -0.2) is 24.6 Å². The first kappa shape index (κ1) is 7.06. The van der Waals surface area contributed by atoms with E-state index in [-0.39, 0.29) is 12.2 Å². The van der Waals surface area contributed by atoms with Crippen LogP contribution in [-0.2, 0) is 9.31 Å². The van der Waals surface area contributed by atoms with Crippen LogP contribution in [0.1, 0.15) is 20.3 Å². The summed E-state index contributed by atoms with van der Waals surface area (Å²) in [6, 6.07) is 0. The molecule has 1 aliphatic heterocycles. The minimum atomic E-state index is -1.01. The number of hydrogen-bond donors (Lipinski definition) is 1. The van der Waals surface area contributed by atoms with Gasteiger partial charge in [0.1, 0.15) is 0 Å². The van der Waals surface area contributed by atoms with Crippen LogP contribution in [0.5, 0.6) is 0 Å². The Labute approximate surface area is 55.1 Å². The Hall–Kier alpha value is -0.0551. The minimum Gasteiger partial charge on any atom is -0.402 e. The van der Waals surface area contributed by atoms with Crippen molar-refractivity contribution >= 4 is 7.32 Å². The largest absolute Gasteiger partial charge is 0.637 e. The van der Waals surface area contributed by atoms with Crippen LogP contribution < -0.4 is 0 Å². The van der Waals surface area contributed by atoms with E-state index in [1.807, 2.05) is 13.8 Å². The van der Waals surface area contributed by atoms with Gasteiger partial charge in [-0.15, -0.1) is 0 Å². The van der Waals surface area contributed by atoms with E-state index in [1.165, 1.54) is 0 Å². The van der Waals surface area contributed by atoms with Crippen molar-refractivity contribution in [3.05, 3.63) is 0 Å². The fourth-order valence-corrected chi connectivity index (χ4v) is 1.01. The SMILES string of the molecule is CC1CC(C)OB(O)O1. The zero-order valence-corrected chi connectivity index (χ0v) is 5.70. The van der Waals surface area contributed by atoms with Crippen LogP contribution in [0, 0.1) is 0 Å². The molecule has 52 valence electrons. The highest BCUT2D eigenvalue weighted by Gasteiger charge is 2.28. The Kier molecular flexibility index (Phi) is 2.11. The Morgan fingerprint density at radius 2 is 1.78 bits per heavy atom. The summed E-state index contributed by atoms with van der Waals surface area (Å²) in [6.45, 7) is 3.84. The molecule has 1 N–H and O–H groups in total. The van der Waals surface area contributed by atoms with Gasteiger partial charge in [-0.2, -0.15) is 0 Å². The van der Waals surface area contributed by atoms with Gasteiger partial charge >= 0.3 is 7.32 Å². The van der Waals surface area contributed by atoms with Gasteiger partial charge in [0.15, 0.2) is 0 Å². The van der Waals surface area contributed by atoms with E-state index in [4.69, 9.17) is 14.3 Å². The Balaban J connectivity index is 2.34. The van der Waals surface area contributed by atoms with Crippen molar-refractivity contribution in [3.8, 4) is 0 Å². The van der Waals surface area contributed by atoms with Crippen molar-refractivity contribution in [2.45, 2.75) is 32.5 Å². The summed E-state index contributed by atoms with van der Waals surface area (Å²) in [6.07, 6.45) is 1.09. The summed E-state index contributed by atoms with van der Waals surface area (Å²) in [5.41, 5.74) is 0. The van der Waals surface area contributed by atoms with Crippen LogP contribution in [0.15, 0.2) is 0 Å². The molecule has 3 nitrogen and oxygen atoms in total. The zero-order chi connectivity index (χ0) is 6.85. The third kappa shape index (κ3) is 1.97. The molecule has 1 saturated heterocycles. The van der Waals surface area contributed by atoms with Gasteiger partial charge in [-0.1, -0.05) is 0 Å². The third-order valence-electron chi connectivity index (χ3n) is 1.36. The van der Waals surface area contributed by atoms with Crippen molar-refractivity contribution in [2.75, 3.05) is 0 Å². The van der Waals surface area contributed by atoms with E-state index in [2.05, 4.69) is 0 Å². The molecule has 1 aliphatic rings. The quantitative estimate of drug-likeness (QED) is 0.475. The van der Waals surface area contributed by atoms with Crippen LogP contribution in [0.3, 0.4) is 0 Å². The lowest BCUT2D eigenvalue weighted by molar-refractivity contribution is -0.00259. The molecular formula is C5H11BO3. The van der Waals surface area contributed by atoms with E-state index in [1.54, 1.807) is 0 Å². The average molecular weight is 130 g/mol. The maximum atomic E-state index is 8.81. The summed E-state index contributed by atoms with van der Waals surface area (Å²) < 4.78 is 9.78. The molecule has 2 atom stereocenters. The fraction of sp³-hybridized carbons (Fsp3) is 1.00. The van der Waals surface area contributed by atoms with Crippen LogP contribution in [0.25, 0.3) is 0 Å². The molecule has 2 unspecified atom stereocenters. The lowest BCUT2D eigenvalue weighted by Crippen LogP contribution is -2.38. The highest BCUT2D eigenvalue weighted by atomic mass is 16.7. The van der Waals surface area contributed by atoms with Gasteiger partial charge in [-0.05, 0) is 20.3 Å². The van der Waals surface area contributed by atoms with Crippen LogP contribution in [0.4, 0.5) is 0 Å². The summed E-state index contributed by atoms with van der Waals surface area (Å²) >= 11 is 0. The summed E-state index contributed by atoms with van der Waals surface area (Å²) in [5, 5.41) is 8.81. The molecule has 0 aromatic rings. The lowest BCUT2D eigenvalue weighted by atomic mass is 10.1. The Bertz CT molecular complexity index is 73.2. The predicted molar refractivity (Wildman–Crippen MR) is 33.7 cm³/mol. The molecule has 0 aliphatic carbocycles. The summed E-state index contributed by atoms with van der Waals surface area (Å²) in [7, 11) is -1.01. The lowest BCUT2D eigenvalue weighted by Gasteiger charge is -2.26. The van der Waals surface area contributed by atoms with E-state index < -0.39 is 7.32 Å². The second-order valence-corrected chi connectivity index (χ2v) is 2.44. The van der Waals surface area contributed by atoms with Gasteiger partial charge in [0.25, 0.3) is 0 Å². The van der Waals surface area contributed by atoms with Crippen molar-refractivity contribution in [1.29, 1.82) is 0 Å². The standard InChI is InChI=1S/C5H11BO3/c1-4-3-5(2)9-6(7)8-4/h4-5,7H,3H2,1-2H3. The molecule has 4 heteroatoms. The third-order valence-corrected chi connectivity index (χ3v) is 1.36. The van der Waals surface area contributed by atoms with Crippen molar-refractivity contribution in [3.63, 3.8) is 0 Å². The van der Waals surface area contributed by atoms with Crippen molar-refractivity contribution in [2.24, 2.45) is 0 Å². The van der Waals surface area contributed by atoms with E-state index in [0.29, 0.717) is 0 Å². The van der Waals surface area contributed by atoms with Gasteiger partial charge in [0, 0.05) is 12.2 Å². The minimum absolute atomic E-state index is 0.115. The second kappa shape index (κ2) is 2.69. The molecule has 1 heterocycles. The first-order chi connectivity index (χ1) is 4.18. The van der Waals surface area contributed by atoms with E-state index in [9.17, 15) is 0 Å². The van der Waals surface area contributed by atoms with Gasteiger partial charge in [-0.3, -0.25) is 0 Å². The van der Waals surface area contributed by atoms with Crippen molar-refractivity contribution < 1.29 is 14.3 Å². The molecule has 1 fully saturated rings. The molecule has 0 radical (unpaired) electrons. The topological polar surface area (TPSA) is 38.7 Å². The van der Waals surface area contributed by atoms with Gasteiger partial charge in [-0.25, -0.2) is 0 Å². The van der Waals surface area contributed by atoms with Gasteiger partial charge in [0.2, 0.25) is 0 Å². The fourth-order valence-electron chi connectivity index (χ4n) is 1.01. The summed E-state index contributed by atoms with van der Waals surface area (Å²) in [4.78, 5) is 0. The van der Waals surface area contributed by atoms with E-state index in [0.717, 1.165) is 6.42 Å². The molecule has 0 spiro atoms. The molecule has 0 aromatic heterocycles. The maximum Gasteiger partial charge on any atom is 0.637 e. The van der Waals surface area contributed by atoms with Crippen LogP contribution >= 0.6 is 0 Å². The summed E-state index contributed by atoms with van der Waals surface area (Å²) in [5.74, 6) is 0. The zero-order valence-electron chi connectivity index (χ0n) is 5.70. The van der Waals surface area contributed by atoms with Crippen LogP contribution in [0.2, 0.25) is 0 Å². The average Bonchev–Trinajstić information content (AvgIpc) is 1.59. The number of hydrogen-bond acceptors (Lipinski definition) is 3. The highest BCUT2D eigenvalue weighted by Crippen LogP contribution is 2.13. The highest BCUT2D eigenvalue weighted by molar-refractivity contribution is 6.34. The maximum absolute atomic E-state index is 8.81. The normalized spacial score (nSPS) is 37.0. The first-order valence-corrected chi connectivity index (χ1v) is 3.17. The van der Waals surface area contributed by atoms with E-state index >= 15 is 0 Å². The van der Waals surface area contributed by atoms with Gasteiger partial charge < -0.3 is 14.3 Å². The molecule has 1 rings (SSSR count). The second-order valence-electron chi connectivity index (χ2n) is 2.44. The molecule has 0 saturated carbocycles. The number of rotatable bonds is 0.